The van der Waals surface area contributed by atoms with Gasteiger partial charge in [-0.15, -0.1) is 0 Å². The van der Waals surface area contributed by atoms with E-state index >= 15 is 0 Å². The molecule has 0 radical (unpaired) electrons. The zero-order valence-corrected chi connectivity index (χ0v) is 12.1. The van der Waals surface area contributed by atoms with E-state index in [-0.39, 0.29) is 5.91 Å². The predicted octanol–water partition coefficient (Wildman–Crippen LogP) is 3.09. The Morgan fingerprint density at radius 2 is 1.76 bits per heavy atom. The van der Waals surface area contributed by atoms with E-state index in [1.807, 2.05) is 11.6 Å². The lowest BCUT2D eigenvalue weighted by molar-refractivity contribution is -0.124. The molecule has 0 bridgehead atoms. The van der Waals surface area contributed by atoms with E-state index in [4.69, 9.17) is 0 Å². The number of benzene rings is 2. The van der Waals surface area contributed by atoms with Crippen molar-refractivity contribution in [2.75, 3.05) is 0 Å². The molecule has 2 aromatic rings. The molecular formula is C17H12N2OS. The Morgan fingerprint density at radius 3 is 2.43 bits per heavy atom. The Kier molecular flexibility index (Phi) is 2.08. The molecule has 0 aromatic heterocycles. The van der Waals surface area contributed by atoms with Crippen molar-refractivity contribution in [1.82, 2.24) is 4.90 Å². The van der Waals surface area contributed by atoms with Gasteiger partial charge in [0.05, 0.1) is 0 Å². The van der Waals surface area contributed by atoms with Crippen LogP contribution in [0, 0.1) is 0 Å². The fourth-order valence-corrected chi connectivity index (χ4v) is 4.44. The average molecular weight is 292 g/mol. The maximum Gasteiger partial charge on any atom is 0.275 e. The van der Waals surface area contributed by atoms with E-state index in [9.17, 15) is 4.79 Å². The van der Waals surface area contributed by atoms with E-state index in [0.29, 0.717) is 0 Å². The summed E-state index contributed by atoms with van der Waals surface area (Å²) < 4.78 is 0. The molecule has 0 saturated heterocycles. The molecule has 0 N–H and O–H groups in total. The highest BCUT2D eigenvalue weighted by molar-refractivity contribution is 8.16. The average Bonchev–Trinajstić information content (AvgIpc) is 3.14. The van der Waals surface area contributed by atoms with Crippen LogP contribution in [0.25, 0.3) is 10.8 Å². The van der Waals surface area contributed by atoms with Gasteiger partial charge in [-0.25, -0.2) is 0 Å². The van der Waals surface area contributed by atoms with Gasteiger partial charge >= 0.3 is 0 Å². The van der Waals surface area contributed by atoms with Crippen LogP contribution in [0.3, 0.4) is 0 Å². The Hall–Kier alpha value is -2.07. The number of thioether (sulfide) groups is 1. The van der Waals surface area contributed by atoms with E-state index in [1.165, 1.54) is 33.7 Å². The number of carbonyl (C=O) groups is 1. The summed E-state index contributed by atoms with van der Waals surface area (Å²) in [4.78, 5) is 18.8. The fraction of sp³-hybridized carbons (Fsp3) is 0.176. The number of rotatable bonds is 0. The minimum atomic E-state index is -0.505. The Morgan fingerprint density at radius 1 is 1.10 bits per heavy atom. The molecule has 2 aliphatic heterocycles. The van der Waals surface area contributed by atoms with Gasteiger partial charge in [0.25, 0.3) is 5.91 Å². The van der Waals surface area contributed by atoms with Gasteiger partial charge in [0.2, 0.25) is 0 Å². The highest BCUT2D eigenvalue weighted by Crippen LogP contribution is 2.44. The quantitative estimate of drug-likeness (QED) is 0.748. The first-order valence-electron chi connectivity index (χ1n) is 7.03. The summed E-state index contributed by atoms with van der Waals surface area (Å²) in [6.07, 6.45) is 3.51. The third-order valence-electron chi connectivity index (χ3n) is 4.68. The topological polar surface area (TPSA) is 32.7 Å². The van der Waals surface area contributed by atoms with Crippen molar-refractivity contribution in [2.45, 2.75) is 18.4 Å². The fourth-order valence-electron chi connectivity index (χ4n) is 3.65. The van der Waals surface area contributed by atoms with Crippen LogP contribution in [-0.2, 0) is 17.6 Å². The minimum Gasteiger partial charge on any atom is -0.311 e. The number of carbonyl (C=O) groups excluding carboxylic acids is 1. The van der Waals surface area contributed by atoms with Gasteiger partial charge in [-0.1, -0.05) is 48.2 Å². The molecule has 5 rings (SSSR count). The molecule has 0 atom stereocenters. The van der Waals surface area contributed by atoms with E-state index < -0.39 is 5.54 Å². The molecule has 4 heteroatoms. The molecule has 0 saturated carbocycles. The van der Waals surface area contributed by atoms with Gasteiger partial charge < -0.3 is 4.90 Å². The summed E-state index contributed by atoms with van der Waals surface area (Å²) in [5, 5.41) is 5.32. The smallest absolute Gasteiger partial charge is 0.275 e. The number of hydrogen-bond donors (Lipinski definition) is 0. The molecule has 102 valence electrons. The molecule has 1 spiro atoms. The molecular weight excluding hydrogens is 280 g/mol. The summed E-state index contributed by atoms with van der Waals surface area (Å²) >= 11 is 1.53. The van der Waals surface area contributed by atoms with Crippen molar-refractivity contribution in [3.63, 3.8) is 0 Å². The first kappa shape index (κ1) is 11.6. The molecule has 1 aliphatic carbocycles. The first-order valence-corrected chi connectivity index (χ1v) is 7.91. The van der Waals surface area contributed by atoms with Crippen molar-refractivity contribution in [3.05, 3.63) is 59.1 Å². The first-order chi connectivity index (χ1) is 10.3. The van der Waals surface area contributed by atoms with Crippen molar-refractivity contribution in [1.29, 1.82) is 0 Å². The lowest BCUT2D eigenvalue weighted by Crippen LogP contribution is -2.48. The third-order valence-corrected chi connectivity index (χ3v) is 5.44. The highest BCUT2D eigenvalue weighted by atomic mass is 32.2. The van der Waals surface area contributed by atoms with Crippen LogP contribution in [0.5, 0.6) is 0 Å². The third kappa shape index (κ3) is 1.40. The number of amidine groups is 1. The van der Waals surface area contributed by atoms with Crippen LogP contribution in [0.15, 0.2) is 53.0 Å². The van der Waals surface area contributed by atoms with Crippen LogP contribution in [-0.4, -0.2) is 21.5 Å². The van der Waals surface area contributed by atoms with Gasteiger partial charge in [0, 0.05) is 19.0 Å². The maximum atomic E-state index is 12.5. The number of aliphatic imine (C=N–C) groups is 1. The number of amides is 1. The Bertz CT molecular complexity index is 824. The summed E-state index contributed by atoms with van der Waals surface area (Å²) in [6, 6.07) is 12.8. The SMILES string of the molecule is O=C1N=C2SC=CN2C12Cc1cc3ccccc3cc1C2. The summed E-state index contributed by atoms with van der Waals surface area (Å²) in [5.41, 5.74) is 2.06. The molecule has 1 amide bonds. The zero-order chi connectivity index (χ0) is 14.0. The van der Waals surface area contributed by atoms with Crippen LogP contribution in [0.4, 0.5) is 0 Å². The van der Waals surface area contributed by atoms with Crippen molar-refractivity contribution in [3.8, 4) is 0 Å². The van der Waals surface area contributed by atoms with Crippen LogP contribution < -0.4 is 0 Å². The van der Waals surface area contributed by atoms with Crippen LogP contribution in [0.2, 0.25) is 0 Å². The van der Waals surface area contributed by atoms with E-state index in [1.54, 1.807) is 0 Å². The lowest BCUT2D eigenvalue weighted by Gasteiger charge is -2.29. The second-order valence-electron chi connectivity index (χ2n) is 5.83. The number of hydrogen-bond acceptors (Lipinski definition) is 3. The van der Waals surface area contributed by atoms with Gasteiger partial charge in [-0.3, -0.25) is 4.79 Å². The van der Waals surface area contributed by atoms with Gasteiger partial charge in [0.15, 0.2) is 5.17 Å². The van der Waals surface area contributed by atoms with Gasteiger partial charge in [-0.2, -0.15) is 4.99 Å². The summed E-state index contributed by atoms with van der Waals surface area (Å²) in [7, 11) is 0. The number of fused-ring (bicyclic) bond motifs is 4. The second kappa shape index (κ2) is 3.77. The highest BCUT2D eigenvalue weighted by Gasteiger charge is 2.54. The van der Waals surface area contributed by atoms with Gasteiger partial charge in [-0.05, 0) is 27.3 Å². The normalized spacial score (nSPS) is 21.2. The Balaban J connectivity index is 1.66. The molecule has 0 fully saturated rings. The largest absolute Gasteiger partial charge is 0.311 e. The van der Waals surface area contributed by atoms with Gasteiger partial charge in [0.1, 0.15) is 5.54 Å². The monoisotopic (exact) mass is 292 g/mol. The lowest BCUT2D eigenvalue weighted by atomic mass is 9.94. The number of nitrogens with zero attached hydrogens (tertiary/aromatic N) is 2. The predicted molar refractivity (Wildman–Crippen MR) is 85.1 cm³/mol. The van der Waals surface area contributed by atoms with Crippen molar-refractivity contribution >= 4 is 33.6 Å². The molecule has 3 nitrogen and oxygen atoms in total. The maximum absolute atomic E-state index is 12.5. The molecule has 3 aliphatic rings. The van der Waals surface area contributed by atoms with Crippen LogP contribution in [0.1, 0.15) is 11.1 Å². The standard InChI is InChI=1S/C17H12N2OS/c20-15-17(19-5-6-21-16(19)18-15)9-13-7-11-3-1-2-4-12(11)8-14(13)10-17/h1-8H,9-10H2. The Labute approximate surface area is 126 Å². The summed E-state index contributed by atoms with van der Waals surface area (Å²) in [6.45, 7) is 0. The van der Waals surface area contributed by atoms with E-state index in [2.05, 4.69) is 46.3 Å². The van der Waals surface area contributed by atoms with Crippen molar-refractivity contribution < 1.29 is 4.79 Å². The van der Waals surface area contributed by atoms with Crippen LogP contribution >= 0.6 is 11.8 Å². The molecule has 21 heavy (non-hydrogen) atoms. The van der Waals surface area contributed by atoms with E-state index in [0.717, 1.165) is 18.0 Å². The second-order valence-corrected chi connectivity index (χ2v) is 6.70. The molecule has 0 unspecified atom stereocenters. The summed E-state index contributed by atoms with van der Waals surface area (Å²) in [5.74, 6) is 0.00889. The minimum absolute atomic E-state index is 0.00889. The molecule has 2 aromatic carbocycles. The zero-order valence-electron chi connectivity index (χ0n) is 11.2. The molecule has 2 heterocycles. The van der Waals surface area contributed by atoms with Crippen molar-refractivity contribution in [2.24, 2.45) is 4.99 Å².